The largest absolute Gasteiger partial charge is 0.392 e. The number of rotatable bonds is 3. The van der Waals surface area contributed by atoms with Gasteiger partial charge in [0.1, 0.15) is 0 Å². The van der Waals surface area contributed by atoms with Crippen LogP contribution in [0.15, 0.2) is 30.3 Å². The molecular formula is C10H13N3O2. The number of benzene rings is 1. The molecule has 0 bridgehead atoms. The third-order valence-electron chi connectivity index (χ3n) is 1.69. The van der Waals surface area contributed by atoms with Crippen molar-refractivity contribution in [1.29, 1.82) is 0 Å². The van der Waals surface area contributed by atoms with Crippen molar-refractivity contribution < 1.29 is 9.90 Å². The molecule has 0 aromatic heterocycles. The number of aliphatic hydroxyl groups is 1. The highest BCUT2D eigenvalue weighted by Gasteiger charge is 1.98. The van der Waals surface area contributed by atoms with E-state index >= 15 is 0 Å². The van der Waals surface area contributed by atoms with Crippen LogP contribution in [0.3, 0.4) is 0 Å². The van der Waals surface area contributed by atoms with Gasteiger partial charge >= 0.3 is 6.03 Å². The number of hydrazine groups is 1. The molecule has 0 aliphatic rings. The summed E-state index contributed by atoms with van der Waals surface area (Å²) < 4.78 is 0. The van der Waals surface area contributed by atoms with E-state index in [2.05, 4.69) is 5.32 Å². The second kappa shape index (κ2) is 5.79. The summed E-state index contributed by atoms with van der Waals surface area (Å²) in [6, 6.07) is 6.69. The average Bonchev–Trinajstić information content (AvgIpc) is 2.26. The molecular weight excluding hydrogens is 194 g/mol. The van der Waals surface area contributed by atoms with E-state index in [1.165, 1.54) is 0 Å². The number of carbonyl (C=O) groups excluding carboxylic acids is 1. The van der Waals surface area contributed by atoms with Crippen LogP contribution in [0.25, 0.3) is 6.08 Å². The maximum absolute atomic E-state index is 10.9. The van der Waals surface area contributed by atoms with Crippen LogP contribution in [0.4, 0.5) is 10.5 Å². The minimum absolute atomic E-state index is 0.0130. The highest BCUT2D eigenvalue weighted by molar-refractivity contribution is 5.89. The molecule has 0 aliphatic carbocycles. The third-order valence-corrected chi connectivity index (χ3v) is 1.69. The van der Waals surface area contributed by atoms with Gasteiger partial charge in [0.05, 0.1) is 6.61 Å². The normalized spacial score (nSPS) is 10.3. The van der Waals surface area contributed by atoms with Crippen LogP contribution in [-0.2, 0) is 0 Å². The van der Waals surface area contributed by atoms with Crippen LogP contribution in [-0.4, -0.2) is 17.7 Å². The molecule has 0 heterocycles. The molecule has 80 valence electrons. The van der Waals surface area contributed by atoms with E-state index in [1.54, 1.807) is 30.4 Å². The summed E-state index contributed by atoms with van der Waals surface area (Å²) in [5.74, 6) is 4.93. The number of nitrogens with one attached hydrogen (secondary N) is 2. The van der Waals surface area contributed by atoms with Crippen LogP contribution >= 0.6 is 0 Å². The second-order valence-corrected chi connectivity index (χ2v) is 2.81. The maximum atomic E-state index is 10.9. The van der Waals surface area contributed by atoms with Crippen molar-refractivity contribution in [2.75, 3.05) is 11.9 Å². The van der Waals surface area contributed by atoms with Gasteiger partial charge in [-0.25, -0.2) is 10.6 Å². The molecule has 0 spiro atoms. The monoisotopic (exact) mass is 207 g/mol. The smallest absolute Gasteiger partial charge is 0.333 e. The van der Waals surface area contributed by atoms with Gasteiger partial charge in [0.25, 0.3) is 0 Å². The van der Waals surface area contributed by atoms with Crippen molar-refractivity contribution in [2.24, 2.45) is 5.84 Å². The maximum Gasteiger partial charge on any atom is 0.333 e. The van der Waals surface area contributed by atoms with Gasteiger partial charge in [0, 0.05) is 5.69 Å². The minimum atomic E-state index is -0.474. The van der Waals surface area contributed by atoms with E-state index in [1.807, 2.05) is 11.5 Å². The zero-order valence-corrected chi connectivity index (χ0v) is 8.10. The Morgan fingerprint density at radius 1 is 1.53 bits per heavy atom. The van der Waals surface area contributed by atoms with Gasteiger partial charge in [-0.1, -0.05) is 24.3 Å². The predicted molar refractivity (Wildman–Crippen MR) is 58.9 cm³/mol. The van der Waals surface area contributed by atoms with E-state index in [9.17, 15) is 4.79 Å². The van der Waals surface area contributed by atoms with Crippen molar-refractivity contribution >= 4 is 17.8 Å². The van der Waals surface area contributed by atoms with Gasteiger partial charge < -0.3 is 10.4 Å². The van der Waals surface area contributed by atoms with Crippen LogP contribution in [0.1, 0.15) is 5.56 Å². The summed E-state index contributed by atoms with van der Waals surface area (Å²) in [4.78, 5) is 10.9. The second-order valence-electron chi connectivity index (χ2n) is 2.81. The van der Waals surface area contributed by atoms with Crippen LogP contribution in [0.2, 0.25) is 0 Å². The molecule has 5 nitrogen and oxygen atoms in total. The third kappa shape index (κ3) is 3.80. The summed E-state index contributed by atoms with van der Waals surface area (Å²) in [5.41, 5.74) is 3.49. The zero-order chi connectivity index (χ0) is 11.1. The van der Waals surface area contributed by atoms with Gasteiger partial charge in [-0.2, -0.15) is 0 Å². The van der Waals surface area contributed by atoms with E-state index in [-0.39, 0.29) is 6.61 Å². The number of carbonyl (C=O) groups is 1. The Balaban J connectivity index is 2.74. The van der Waals surface area contributed by atoms with Gasteiger partial charge in [0.15, 0.2) is 0 Å². The molecule has 0 aliphatic heterocycles. The lowest BCUT2D eigenvalue weighted by molar-refractivity contribution is 0.252. The van der Waals surface area contributed by atoms with Crippen molar-refractivity contribution in [3.63, 3.8) is 0 Å². The highest BCUT2D eigenvalue weighted by atomic mass is 16.2. The molecule has 0 unspecified atom stereocenters. The van der Waals surface area contributed by atoms with Crippen molar-refractivity contribution in [3.8, 4) is 0 Å². The van der Waals surface area contributed by atoms with Crippen LogP contribution in [0, 0.1) is 0 Å². The SMILES string of the molecule is NNC(=O)Nc1cccc(C=CCO)c1. The highest BCUT2D eigenvalue weighted by Crippen LogP contribution is 2.11. The molecule has 15 heavy (non-hydrogen) atoms. The first-order chi connectivity index (χ1) is 7.26. The van der Waals surface area contributed by atoms with Crippen LogP contribution < -0.4 is 16.6 Å². The number of amides is 2. The molecule has 1 aromatic rings. The van der Waals surface area contributed by atoms with Gasteiger partial charge in [0.2, 0.25) is 0 Å². The molecule has 5 heteroatoms. The minimum Gasteiger partial charge on any atom is -0.392 e. The summed E-state index contributed by atoms with van der Waals surface area (Å²) >= 11 is 0. The van der Waals surface area contributed by atoms with Crippen LogP contribution in [0.5, 0.6) is 0 Å². The fourth-order valence-electron chi connectivity index (χ4n) is 1.08. The molecule has 2 amide bonds. The summed E-state index contributed by atoms with van der Waals surface area (Å²) in [6.45, 7) is -0.0130. The standard InChI is InChI=1S/C10H13N3O2/c11-13-10(15)12-9-5-1-3-8(7-9)4-2-6-14/h1-5,7,14H,6,11H2,(H2,12,13,15). The van der Waals surface area contributed by atoms with E-state index in [0.29, 0.717) is 5.69 Å². The van der Waals surface area contributed by atoms with E-state index in [0.717, 1.165) is 5.56 Å². The van der Waals surface area contributed by atoms with Crippen molar-refractivity contribution in [3.05, 3.63) is 35.9 Å². The molecule has 5 N–H and O–H groups in total. The first-order valence-corrected chi connectivity index (χ1v) is 4.41. The fourth-order valence-corrected chi connectivity index (χ4v) is 1.08. The summed E-state index contributed by atoms with van der Waals surface area (Å²) in [5, 5.41) is 11.1. The lowest BCUT2D eigenvalue weighted by Crippen LogP contribution is -2.34. The Morgan fingerprint density at radius 3 is 3.00 bits per heavy atom. The summed E-state index contributed by atoms with van der Waals surface area (Å²) in [6.07, 6.45) is 3.37. The Morgan fingerprint density at radius 2 is 2.33 bits per heavy atom. The number of anilines is 1. The fraction of sp³-hybridized carbons (Fsp3) is 0.100. The molecule has 1 aromatic carbocycles. The van der Waals surface area contributed by atoms with Gasteiger partial charge in [-0.3, -0.25) is 5.43 Å². The Hall–Kier alpha value is -1.85. The van der Waals surface area contributed by atoms with E-state index in [4.69, 9.17) is 10.9 Å². The zero-order valence-electron chi connectivity index (χ0n) is 8.10. The molecule has 0 saturated carbocycles. The molecule has 1 rings (SSSR count). The first-order valence-electron chi connectivity index (χ1n) is 4.41. The number of hydrogen-bond acceptors (Lipinski definition) is 3. The quantitative estimate of drug-likeness (QED) is 0.334. The summed E-state index contributed by atoms with van der Waals surface area (Å²) in [7, 11) is 0. The topological polar surface area (TPSA) is 87.4 Å². The van der Waals surface area contributed by atoms with Gasteiger partial charge in [-0.15, -0.1) is 0 Å². The predicted octanol–water partition coefficient (Wildman–Crippen LogP) is 0.687. The van der Waals surface area contributed by atoms with Crippen molar-refractivity contribution in [2.45, 2.75) is 0 Å². The first kappa shape index (κ1) is 11.2. The number of urea groups is 1. The molecule has 0 saturated heterocycles. The Bertz CT molecular complexity index is 363. The Kier molecular flexibility index (Phi) is 4.33. The lowest BCUT2D eigenvalue weighted by Gasteiger charge is -2.04. The average molecular weight is 207 g/mol. The van der Waals surface area contributed by atoms with E-state index < -0.39 is 6.03 Å². The molecule has 0 radical (unpaired) electrons. The van der Waals surface area contributed by atoms with Gasteiger partial charge in [-0.05, 0) is 17.7 Å². The number of aliphatic hydroxyl groups excluding tert-OH is 1. The molecule has 0 atom stereocenters. The number of hydrogen-bond donors (Lipinski definition) is 4. The van der Waals surface area contributed by atoms with Crippen molar-refractivity contribution in [1.82, 2.24) is 5.43 Å². The number of nitrogens with two attached hydrogens (primary N) is 1. The lowest BCUT2D eigenvalue weighted by atomic mass is 10.2. The Labute approximate surface area is 87.6 Å². The molecule has 0 fully saturated rings.